The largest absolute Gasteiger partial charge is 0.394 e. The Bertz CT molecular complexity index is 298. The van der Waals surface area contributed by atoms with E-state index in [4.69, 9.17) is 5.73 Å². The van der Waals surface area contributed by atoms with Crippen LogP contribution in [0.5, 0.6) is 0 Å². The molecule has 6 heteroatoms. The summed E-state index contributed by atoms with van der Waals surface area (Å²) >= 11 is 1.54. The van der Waals surface area contributed by atoms with Crippen LogP contribution in [-0.2, 0) is 6.54 Å². The highest BCUT2D eigenvalue weighted by Crippen LogP contribution is 2.26. The Labute approximate surface area is 96.9 Å². The van der Waals surface area contributed by atoms with Crippen LogP contribution in [0.15, 0.2) is 16.8 Å². The summed E-state index contributed by atoms with van der Waals surface area (Å²) in [5.74, 6) is -1.45. The van der Waals surface area contributed by atoms with Gasteiger partial charge in [-0.1, -0.05) is 0 Å². The van der Waals surface area contributed by atoms with E-state index in [9.17, 15) is 13.2 Å². The van der Waals surface area contributed by atoms with Crippen LogP contribution in [0.2, 0.25) is 0 Å². The number of halogens is 3. The lowest BCUT2D eigenvalue weighted by atomic mass is 10.1. The quantitative estimate of drug-likeness (QED) is 0.871. The molecule has 0 radical (unpaired) electrons. The molecule has 0 aliphatic rings. The normalized spacial score (nSPS) is 14.4. The SMILES string of the molecule is CN(Cc1ccsc1)CC(CN)C(F)(F)F. The molecule has 1 rings (SSSR count). The molecule has 16 heavy (non-hydrogen) atoms. The van der Waals surface area contributed by atoms with E-state index in [1.54, 1.807) is 11.9 Å². The van der Waals surface area contributed by atoms with Crippen molar-refractivity contribution in [2.45, 2.75) is 12.7 Å². The molecule has 1 heterocycles. The molecule has 0 saturated heterocycles. The second kappa shape index (κ2) is 5.65. The lowest BCUT2D eigenvalue weighted by molar-refractivity contribution is -0.175. The number of alkyl halides is 3. The number of nitrogens with zero attached hydrogens (tertiary/aromatic N) is 1. The summed E-state index contributed by atoms with van der Waals surface area (Å²) in [7, 11) is 1.67. The van der Waals surface area contributed by atoms with E-state index in [2.05, 4.69) is 0 Å². The van der Waals surface area contributed by atoms with Crippen molar-refractivity contribution in [3.05, 3.63) is 22.4 Å². The van der Waals surface area contributed by atoms with Gasteiger partial charge in [-0.05, 0) is 29.4 Å². The Hall–Kier alpha value is -0.590. The summed E-state index contributed by atoms with van der Waals surface area (Å²) in [5.41, 5.74) is 6.17. The minimum atomic E-state index is -4.21. The zero-order valence-electron chi connectivity index (χ0n) is 9.00. The van der Waals surface area contributed by atoms with E-state index >= 15 is 0 Å². The Morgan fingerprint density at radius 2 is 2.19 bits per heavy atom. The van der Waals surface area contributed by atoms with Crippen LogP contribution in [0.25, 0.3) is 0 Å². The molecule has 1 unspecified atom stereocenters. The van der Waals surface area contributed by atoms with Gasteiger partial charge in [0.15, 0.2) is 0 Å². The van der Waals surface area contributed by atoms with Crippen molar-refractivity contribution in [3.8, 4) is 0 Å². The van der Waals surface area contributed by atoms with Crippen LogP contribution >= 0.6 is 11.3 Å². The number of hydrogen-bond acceptors (Lipinski definition) is 3. The summed E-state index contributed by atoms with van der Waals surface area (Å²) in [4.78, 5) is 1.65. The highest BCUT2D eigenvalue weighted by Gasteiger charge is 2.38. The van der Waals surface area contributed by atoms with Crippen LogP contribution in [0.1, 0.15) is 5.56 Å². The number of nitrogens with two attached hydrogens (primary N) is 1. The van der Waals surface area contributed by atoms with Gasteiger partial charge in [0, 0.05) is 19.6 Å². The number of hydrogen-bond donors (Lipinski definition) is 1. The van der Waals surface area contributed by atoms with Crippen LogP contribution in [0.4, 0.5) is 13.2 Å². The molecule has 1 atom stereocenters. The van der Waals surface area contributed by atoms with Crippen LogP contribution in [0, 0.1) is 5.92 Å². The van der Waals surface area contributed by atoms with Crippen molar-refractivity contribution < 1.29 is 13.2 Å². The molecule has 0 aliphatic heterocycles. The first kappa shape index (κ1) is 13.5. The predicted molar refractivity (Wildman–Crippen MR) is 59.3 cm³/mol. The molecular weight excluding hydrogens is 237 g/mol. The molecule has 1 aromatic heterocycles. The molecular formula is C10H15F3N2S. The van der Waals surface area contributed by atoms with E-state index in [0.29, 0.717) is 6.54 Å². The molecule has 0 bridgehead atoms. The van der Waals surface area contributed by atoms with Crippen molar-refractivity contribution in [2.75, 3.05) is 20.1 Å². The fraction of sp³-hybridized carbons (Fsp3) is 0.600. The molecule has 0 aromatic carbocycles. The zero-order valence-corrected chi connectivity index (χ0v) is 9.81. The summed E-state index contributed by atoms with van der Waals surface area (Å²) in [6.45, 7) is 0.101. The molecule has 0 amide bonds. The van der Waals surface area contributed by atoms with Crippen molar-refractivity contribution in [1.82, 2.24) is 4.90 Å². The Morgan fingerprint density at radius 3 is 2.62 bits per heavy atom. The molecule has 2 nitrogen and oxygen atoms in total. The first-order valence-corrected chi connectivity index (χ1v) is 5.84. The standard InChI is InChI=1S/C10H15F3N2S/c1-15(5-8-2-3-16-7-8)6-9(4-14)10(11,12)13/h2-3,7,9H,4-6,14H2,1H3. The minimum absolute atomic E-state index is 0.0597. The number of rotatable bonds is 5. The lowest BCUT2D eigenvalue weighted by Crippen LogP contribution is -2.39. The van der Waals surface area contributed by atoms with Crippen molar-refractivity contribution >= 4 is 11.3 Å². The van der Waals surface area contributed by atoms with Gasteiger partial charge in [-0.3, -0.25) is 0 Å². The monoisotopic (exact) mass is 252 g/mol. The van der Waals surface area contributed by atoms with Crippen molar-refractivity contribution in [3.63, 3.8) is 0 Å². The Kier molecular flexibility index (Phi) is 4.76. The van der Waals surface area contributed by atoms with Gasteiger partial charge < -0.3 is 10.6 Å². The van der Waals surface area contributed by atoms with E-state index in [0.717, 1.165) is 5.56 Å². The maximum Gasteiger partial charge on any atom is 0.394 e. The molecule has 2 N–H and O–H groups in total. The van der Waals surface area contributed by atoms with Gasteiger partial charge >= 0.3 is 6.18 Å². The Balaban J connectivity index is 2.46. The Morgan fingerprint density at radius 1 is 1.50 bits per heavy atom. The minimum Gasteiger partial charge on any atom is -0.330 e. The first-order valence-electron chi connectivity index (χ1n) is 4.90. The highest BCUT2D eigenvalue weighted by molar-refractivity contribution is 7.07. The van der Waals surface area contributed by atoms with Gasteiger partial charge in [0.1, 0.15) is 0 Å². The summed E-state index contributed by atoms with van der Waals surface area (Å²) in [6, 6.07) is 1.91. The molecule has 0 aliphatic carbocycles. The van der Waals surface area contributed by atoms with Crippen LogP contribution in [-0.4, -0.2) is 31.2 Å². The van der Waals surface area contributed by atoms with Crippen LogP contribution in [0.3, 0.4) is 0 Å². The maximum atomic E-state index is 12.5. The second-order valence-electron chi connectivity index (χ2n) is 3.80. The molecule has 0 fully saturated rings. The topological polar surface area (TPSA) is 29.3 Å². The van der Waals surface area contributed by atoms with Gasteiger partial charge in [-0.2, -0.15) is 24.5 Å². The van der Waals surface area contributed by atoms with Gasteiger partial charge in [-0.25, -0.2) is 0 Å². The molecule has 0 spiro atoms. The van der Waals surface area contributed by atoms with Crippen LogP contribution < -0.4 is 5.73 Å². The average molecular weight is 252 g/mol. The fourth-order valence-corrected chi connectivity index (χ4v) is 2.11. The van der Waals surface area contributed by atoms with E-state index in [1.165, 1.54) is 11.3 Å². The summed E-state index contributed by atoms with van der Waals surface area (Å²) in [6.07, 6.45) is -4.21. The van der Waals surface area contributed by atoms with Gasteiger partial charge in [0.05, 0.1) is 5.92 Å². The lowest BCUT2D eigenvalue weighted by Gasteiger charge is -2.24. The fourth-order valence-electron chi connectivity index (χ4n) is 1.45. The van der Waals surface area contributed by atoms with E-state index in [-0.39, 0.29) is 13.1 Å². The van der Waals surface area contributed by atoms with Gasteiger partial charge in [0.25, 0.3) is 0 Å². The predicted octanol–water partition coefficient (Wildman–Crippen LogP) is 2.32. The summed E-state index contributed by atoms with van der Waals surface area (Å²) in [5, 5.41) is 3.84. The second-order valence-corrected chi connectivity index (χ2v) is 4.58. The molecule has 92 valence electrons. The van der Waals surface area contributed by atoms with Crippen molar-refractivity contribution in [2.24, 2.45) is 11.7 Å². The third-order valence-corrected chi connectivity index (χ3v) is 3.04. The van der Waals surface area contributed by atoms with Gasteiger partial charge in [-0.15, -0.1) is 0 Å². The molecule has 1 aromatic rings. The zero-order chi connectivity index (χ0) is 12.2. The first-order chi connectivity index (χ1) is 7.43. The van der Waals surface area contributed by atoms with Crippen molar-refractivity contribution in [1.29, 1.82) is 0 Å². The smallest absolute Gasteiger partial charge is 0.330 e. The number of thiophene rings is 1. The third kappa shape index (κ3) is 4.11. The highest BCUT2D eigenvalue weighted by atomic mass is 32.1. The van der Waals surface area contributed by atoms with E-state index in [1.807, 2.05) is 16.8 Å². The summed E-state index contributed by atoms with van der Waals surface area (Å²) < 4.78 is 37.4. The third-order valence-electron chi connectivity index (χ3n) is 2.31. The van der Waals surface area contributed by atoms with E-state index < -0.39 is 12.1 Å². The average Bonchev–Trinajstić information content (AvgIpc) is 2.64. The maximum absolute atomic E-state index is 12.5. The molecule has 0 saturated carbocycles. The van der Waals surface area contributed by atoms with Gasteiger partial charge in [0.2, 0.25) is 0 Å².